The summed E-state index contributed by atoms with van der Waals surface area (Å²) >= 11 is 0. The van der Waals surface area contributed by atoms with Gasteiger partial charge in [-0.2, -0.15) is 0 Å². The zero-order valence-corrected chi connectivity index (χ0v) is 9.70. The van der Waals surface area contributed by atoms with Crippen LogP contribution >= 0.6 is 0 Å². The Morgan fingerprint density at radius 1 is 1.33 bits per heavy atom. The lowest BCUT2D eigenvalue weighted by Crippen LogP contribution is -2.17. The van der Waals surface area contributed by atoms with Crippen LogP contribution in [0.5, 0.6) is 0 Å². The lowest BCUT2D eigenvalue weighted by Gasteiger charge is -2.08. The Labute approximate surface area is 90.2 Å². The van der Waals surface area contributed by atoms with Gasteiger partial charge in [0.05, 0.1) is 18.6 Å². The molecule has 0 saturated heterocycles. The van der Waals surface area contributed by atoms with E-state index in [4.69, 9.17) is 4.74 Å². The van der Waals surface area contributed by atoms with Gasteiger partial charge in [-0.15, -0.1) is 0 Å². The molecular formula is C11H18O4. The molecule has 0 fully saturated rings. The first-order chi connectivity index (χ1) is 7.02. The molecular weight excluding hydrogens is 196 g/mol. The summed E-state index contributed by atoms with van der Waals surface area (Å²) in [4.78, 5) is 22.4. The molecule has 15 heavy (non-hydrogen) atoms. The van der Waals surface area contributed by atoms with Crippen molar-refractivity contribution in [2.45, 2.75) is 27.2 Å². The van der Waals surface area contributed by atoms with Crippen molar-refractivity contribution < 1.29 is 19.1 Å². The predicted molar refractivity (Wildman–Crippen MR) is 56.2 cm³/mol. The van der Waals surface area contributed by atoms with Gasteiger partial charge in [-0.25, -0.2) is 4.79 Å². The molecule has 4 heteroatoms. The zero-order chi connectivity index (χ0) is 11.8. The molecule has 0 bridgehead atoms. The van der Waals surface area contributed by atoms with E-state index in [1.807, 2.05) is 6.92 Å². The highest BCUT2D eigenvalue weighted by Crippen LogP contribution is 2.03. The van der Waals surface area contributed by atoms with E-state index in [0.717, 1.165) is 0 Å². The molecule has 0 aromatic rings. The summed E-state index contributed by atoms with van der Waals surface area (Å²) in [5.41, 5.74) is 0.383. The molecule has 0 unspecified atom stereocenters. The molecule has 0 aliphatic heterocycles. The van der Waals surface area contributed by atoms with E-state index in [0.29, 0.717) is 12.0 Å². The summed E-state index contributed by atoms with van der Waals surface area (Å²) in [6.45, 7) is 5.36. The predicted octanol–water partition coefficient (Wildman–Crippen LogP) is 1.70. The monoisotopic (exact) mass is 214 g/mol. The van der Waals surface area contributed by atoms with Crippen molar-refractivity contribution >= 4 is 11.9 Å². The van der Waals surface area contributed by atoms with Crippen LogP contribution in [0.15, 0.2) is 11.6 Å². The van der Waals surface area contributed by atoms with E-state index < -0.39 is 5.97 Å². The van der Waals surface area contributed by atoms with Crippen molar-refractivity contribution in [2.75, 3.05) is 13.7 Å². The van der Waals surface area contributed by atoms with E-state index in [1.54, 1.807) is 19.9 Å². The van der Waals surface area contributed by atoms with E-state index in [-0.39, 0.29) is 18.5 Å². The number of carbonyl (C=O) groups is 2. The van der Waals surface area contributed by atoms with Crippen LogP contribution in [0.2, 0.25) is 0 Å². The third-order valence-electron chi connectivity index (χ3n) is 1.74. The molecule has 0 aromatic heterocycles. The lowest BCUT2D eigenvalue weighted by molar-refractivity contribution is -0.147. The lowest BCUT2D eigenvalue weighted by atomic mass is 10.2. The van der Waals surface area contributed by atoms with Crippen LogP contribution in [0, 0.1) is 5.92 Å². The van der Waals surface area contributed by atoms with Crippen LogP contribution in [-0.4, -0.2) is 25.7 Å². The number of ether oxygens (including phenoxy) is 2. The number of hydrogen-bond donors (Lipinski definition) is 0. The Bertz CT molecular complexity index is 253. The second kappa shape index (κ2) is 7.04. The van der Waals surface area contributed by atoms with Crippen molar-refractivity contribution in [3.05, 3.63) is 11.6 Å². The van der Waals surface area contributed by atoms with Gasteiger partial charge in [0.2, 0.25) is 0 Å². The maximum Gasteiger partial charge on any atom is 0.336 e. The van der Waals surface area contributed by atoms with E-state index >= 15 is 0 Å². The van der Waals surface area contributed by atoms with Crippen LogP contribution in [0.4, 0.5) is 0 Å². The van der Waals surface area contributed by atoms with Gasteiger partial charge in [-0.05, 0) is 6.42 Å². The average Bonchev–Trinajstić information content (AvgIpc) is 2.22. The third kappa shape index (κ3) is 5.20. The summed E-state index contributed by atoms with van der Waals surface area (Å²) in [6.07, 6.45) is 2.39. The molecule has 0 radical (unpaired) electrons. The third-order valence-corrected chi connectivity index (χ3v) is 1.74. The average molecular weight is 214 g/mol. The molecule has 0 saturated carbocycles. The van der Waals surface area contributed by atoms with Crippen molar-refractivity contribution in [1.82, 2.24) is 0 Å². The molecule has 0 aromatic carbocycles. The SMILES string of the molecule is CCC=C(COC(=O)C(C)C)C(=O)OC. The molecule has 0 rings (SSSR count). The second-order valence-electron chi connectivity index (χ2n) is 3.39. The van der Waals surface area contributed by atoms with Crippen molar-refractivity contribution in [3.63, 3.8) is 0 Å². The summed E-state index contributed by atoms with van der Waals surface area (Å²) < 4.78 is 9.49. The highest BCUT2D eigenvalue weighted by molar-refractivity contribution is 5.89. The van der Waals surface area contributed by atoms with Crippen molar-refractivity contribution in [1.29, 1.82) is 0 Å². The van der Waals surface area contributed by atoms with Gasteiger partial charge in [-0.1, -0.05) is 26.8 Å². The van der Waals surface area contributed by atoms with Gasteiger partial charge in [0.1, 0.15) is 6.61 Å². The fourth-order valence-electron chi connectivity index (χ4n) is 0.894. The minimum absolute atomic E-state index is 0.0163. The van der Waals surface area contributed by atoms with Crippen LogP contribution in [-0.2, 0) is 19.1 Å². The fraction of sp³-hybridized carbons (Fsp3) is 0.636. The van der Waals surface area contributed by atoms with Gasteiger partial charge in [-0.3, -0.25) is 4.79 Å². The normalized spacial score (nSPS) is 11.4. The molecule has 0 spiro atoms. The first-order valence-corrected chi connectivity index (χ1v) is 4.96. The quantitative estimate of drug-likeness (QED) is 0.516. The van der Waals surface area contributed by atoms with Gasteiger partial charge in [0, 0.05) is 0 Å². The molecule has 0 aliphatic rings. The number of hydrogen-bond acceptors (Lipinski definition) is 4. The fourth-order valence-corrected chi connectivity index (χ4v) is 0.894. The topological polar surface area (TPSA) is 52.6 Å². The Balaban J connectivity index is 4.26. The van der Waals surface area contributed by atoms with Crippen molar-refractivity contribution in [3.8, 4) is 0 Å². The van der Waals surface area contributed by atoms with E-state index in [1.165, 1.54) is 7.11 Å². The first-order valence-electron chi connectivity index (χ1n) is 4.96. The molecule has 86 valence electrons. The first kappa shape index (κ1) is 13.7. The zero-order valence-electron chi connectivity index (χ0n) is 9.70. The molecule has 0 N–H and O–H groups in total. The summed E-state index contributed by atoms with van der Waals surface area (Å²) in [5.74, 6) is -0.958. The minimum Gasteiger partial charge on any atom is -0.466 e. The molecule has 0 heterocycles. The standard InChI is InChI=1S/C11H18O4/c1-5-6-9(11(13)14-4)7-15-10(12)8(2)3/h6,8H,5,7H2,1-4H3. The Hall–Kier alpha value is -1.32. The minimum atomic E-state index is -0.451. The van der Waals surface area contributed by atoms with E-state index in [2.05, 4.69) is 4.74 Å². The van der Waals surface area contributed by atoms with Crippen LogP contribution in [0.25, 0.3) is 0 Å². The van der Waals surface area contributed by atoms with E-state index in [9.17, 15) is 9.59 Å². The smallest absolute Gasteiger partial charge is 0.336 e. The van der Waals surface area contributed by atoms with Gasteiger partial charge >= 0.3 is 11.9 Å². The highest BCUT2D eigenvalue weighted by Gasteiger charge is 2.13. The Kier molecular flexibility index (Phi) is 6.42. The molecule has 0 atom stereocenters. The molecule has 4 nitrogen and oxygen atoms in total. The van der Waals surface area contributed by atoms with Gasteiger partial charge in [0.25, 0.3) is 0 Å². The van der Waals surface area contributed by atoms with Gasteiger partial charge < -0.3 is 9.47 Å². The summed E-state index contributed by atoms with van der Waals surface area (Å²) in [7, 11) is 1.30. The summed E-state index contributed by atoms with van der Waals surface area (Å²) in [5, 5.41) is 0. The maximum atomic E-state index is 11.2. The summed E-state index contributed by atoms with van der Waals surface area (Å²) in [6, 6.07) is 0. The maximum absolute atomic E-state index is 11.2. The number of methoxy groups -OCH3 is 1. The highest BCUT2D eigenvalue weighted by atomic mass is 16.5. The second-order valence-corrected chi connectivity index (χ2v) is 3.39. The van der Waals surface area contributed by atoms with Crippen molar-refractivity contribution in [2.24, 2.45) is 5.92 Å². The van der Waals surface area contributed by atoms with Crippen LogP contribution in [0.1, 0.15) is 27.2 Å². The van der Waals surface area contributed by atoms with Crippen LogP contribution < -0.4 is 0 Å². The van der Waals surface area contributed by atoms with Crippen LogP contribution in [0.3, 0.4) is 0 Å². The molecule has 0 amide bonds. The molecule has 0 aliphatic carbocycles. The number of esters is 2. The number of allylic oxidation sites excluding steroid dienone is 1. The largest absolute Gasteiger partial charge is 0.466 e. The Morgan fingerprint density at radius 2 is 1.93 bits per heavy atom. The van der Waals surface area contributed by atoms with Gasteiger partial charge in [0.15, 0.2) is 0 Å². The number of carbonyl (C=O) groups excluding carboxylic acids is 2. The Morgan fingerprint density at radius 3 is 2.33 bits per heavy atom. The number of rotatable bonds is 5.